The van der Waals surface area contributed by atoms with Gasteiger partial charge in [-0.25, -0.2) is 9.48 Å². The van der Waals surface area contributed by atoms with Gasteiger partial charge in [-0.1, -0.05) is 44.5 Å². The molecule has 3 amide bonds. The number of aryl methyl sites for hydroxylation is 1. The lowest BCUT2D eigenvalue weighted by Crippen LogP contribution is -2.41. The van der Waals surface area contributed by atoms with Crippen molar-refractivity contribution in [2.75, 3.05) is 18.5 Å². The number of aromatic nitrogens is 2. The molecule has 1 aliphatic carbocycles. The van der Waals surface area contributed by atoms with Gasteiger partial charge in [-0.3, -0.25) is 4.79 Å². The lowest BCUT2D eigenvalue weighted by molar-refractivity contribution is -0.139. The Morgan fingerprint density at radius 2 is 1.92 bits per heavy atom. The summed E-state index contributed by atoms with van der Waals surface area (Å²) >= 11 is 0. The van der Waals surface area contributed by atoms with Crippen LogP contribution in [0.2, 0.25) is 0 Å². The van der Waals surface area contributed by atoms with E-state index < -0.39 is 6.03 Å². The number of carbonyl (C=O) groups is 2. The van der Waals surface area contributed by atoms with E-state index in [4.69, 9.17) is 15.6 Å². The minimum atomic E-state index is -0.604. The van der Waals surface area contributed by atoms with E-state index in [1.807, 2.05) is 46.0 Å². The number of nitrogens with one attached hydrogen (secondary N) is 1. The highest BCUT2D eigenvalue weighted by atomic mass is 16.5. The molecule has 37 heavy (non-hydrogen) atoms. The molecule has 1 aliphatic heterocycles. The van der Waals surface area contributed by atoms with Gasteiger partial charge in [0.1, 0.15) is 11.4 Å². The average Bonchev–Trinajstić information content (AvgIpc) is 3.20. The molecular weight excluding hydrogens is 466 g/mol. The van der Waals surface area contributed by atoms with Gasteiger partial charge in [0.05, 0.1) is 18.0 Å². The third-order valence-corrected chi connectivity index (χ3v) is 7.21. The molecule has 5 rings (SSSR count). The number of benzene rings is 2. The average molecular weight is 502 g/mol. The van der Waals surface area contributed by atoms with Gasteiger partial charge >= 0.3 is 6.03 Å². The van der Waals surface area contributed by atoms with E-state index in [9.17, 15) is 9.59 Å². The van der Waals surface area contributed by atoms with Crippen LogP contribution in [0.25, 0.3) is 16.9 Å². The third-order valence-electron chi connectivity index (χ3n) is 7.21. The first-order valence-corrected chi connectivity index (χ1v) is 13.1. The topological polar surface area (TPSA) is 102 Å². The molecule has 1 saturated carbocycles. The third kappa shape index (κ3) is 5.05. The maximum atomic E-state index is 13.1. The molecule has 0 bridgehead atoms. The Bertz CT molecular complexity index is 1310. The van der Waals surface area contributed by atoms with Crippen LogP contribution in [0.15, 0.2) is 42.5 Å². The van der Waals surface area contributed by atoms with E-state index >= 15 is 0 Å². The molecule has 0 spiro atoms. The van der Waals surface area contributed by atoms with Crippen molar-refractivity contribution in [3.8, 4) is 22.7 Å². The van der Waals surface area contributed by atoms with E-state index in [0.29, 0.717) is 37.7 Å². The first-order chi connectivity index (χ1) is 17.8. The lowest BCUT2D eigenvalue weighted by atomic mass is 9.84. The summed E-state index contributed by atoms with van der Waals surface area (Å²) in [6.07, 6.45) is 3.82. The molecule has 8 heteroatoms. The van der Waals surface area contributed by atoms with Crippen molar-refractivity contribution in [2.24, 2.45) is 17.6 Å². The van der Waals surface area contributed by atoms with E-state index in [1.165, 1.54) is 0 Å². The highest BCUT2D eigenvalue weighted by Crippen LogP contribution is 2.38. The van der Waals surface area contributed by atoms with Gasteiger partial charge in [0.15, 0.2) is 0 Å². The number of amides is 3. The molecule has 2 aliphatic rings. The molecule has 194 valence electrons. The van der Waals surface area contributed by atoms with Crippen LogP contribution in [0, 0.1) is 18.8 Å². The van der Waals surface area contributed by atoms with Gasteiger partial charge in [-0.15, -0.1) is 0 Å². The number of anilines is 1. The molecular formula is C29H35N5O3. The normalized spacial score (nSPS) is 15.3. The van der Waals surface area contributed by atoms with Gasteiger partial charge in [-0.05, 0) is 49.4 Å². The van der Waals surface area contributed by atoms with Crippen molar-refractivity contribution in [2.45, 2.75) is 53.0 Å². The number of primary amides is 1. The van der Waals surface area contributed by atoms with Crippen LogP contribution in [0.4, 0.5) is 10.5 Å². The molecule has 8 nitrogen and oxygen atoms in total. The monoisotopic (exact) mass is 501 g/mol. The van der Waals surface area contributed by atoms with Gasteiger partial charge in [-0.2, -0.15) is 5.10 Å². The highest BCUT2D eigenvalue weighted by molar-refractivity contribution is 5.88. The second-order valence-electron chi connectivity index (χ2n) is 10.5. The molecule has 0 unspecified atom stereocenters. The second-order valence-corrected chi connectivity index (χ2v) is 10.5. The smallest absolute Gasteiger partial charge is 0.316 e. The van der Waals surface area contributed by atoms with E-state index in [0.717, 1.165) is 58.8 Å². The fourth-order valence-electron chi connectivity index (χ4n) is 5.06. The number of nitrogens with zero attached hydrogens (tertiary/aromatic N) is 3. The fraction of sp³-hybridized carbons (Fsp3) is 0.414. The Kier molecular flexibility index (Phi) is 6.91. The number of nitrogens with two attached hydrogens (primary N) is 1. The first kappa shape index (κ1) is 24.9. The first-order valence-electron chi connectivity index (χ1n) is 13.1. The minimum absolute atomic E-state index is 0.159. The molecule has 3 aromatic rings. The zero-order valence-corrected chi connectivity index (χ0v) is 21.8. The summed E-state index contributed by atoms with van der Waals surface area (Å²) in [6, 6.07) is 13.0. The Balaban J connectivity index is 1.61. The van der Waals surface area contributed by atoms with Crippen molar-refractivity contribution in [1.82, 2.24) is 14.7 Å². The summed E-state index contributed by atoms with van der Waals surface area (Å²) < 4.78 is 8.24. The predicted molar refractivity (Wildman–Crippen MR) is 144 cm³/mol. The van der Waals surface area contributed by atoms with Gasteiger partial charge in [0.2, 0.25) is 5.91 Å². The summed E-state index contributed by atoms with van der Waals surface area (Å²) in [5.74, 6) is 1.58. The molecule has 1 fully saturated rings. The van der Waals surface area contributed by atoms with Crippen LogP contribution in [-0.4, -0.2) is 39.8 Å². The Morgan fingerprint density at radius 3 is 2.57 bits per heavy atom. The molecule has 2 aromatic carbocycles. The number of carbonyl (C=O) groups excluding carboxylic acids is 2. The SMILES string of the molecule is Cc1cccc(OCC(C)C)c1-n1nc2c(c1-c1ccc(NC(N)=O)cc1)CN(C(=O)C1CCC1)CC2. The van der Waals surface area contributed by atoms with E-state index in [2.05, 4.69) is 32.2 Å². The molecule has 1 aromatic heterocycles. The molecule has 2 heterocycles. The number of hydrogen-bond donors (Lipinski definition) is 2. The zero-order chi connectivity index (χ0) is 26.1. The largest absolute Gasteiger partial charge is 0.491 e. The Morgan fingerprint density at radius 1 is 1.16 bits per heavy atom. The summed E-state index contributed by atoms with van der Waals surface area (Å²) in [6.45, 7) is 8.14. The fourth-order valence-corrected chi connectivity index (χ4v) is 5.06. The van der Waals surface area contributed by atoms with Gasteiger partial charge in [0.25, 0.3) is 0 Å². The van der Waals surface area contributed by atoms with Crippen molar-refractivity contribution in [3.05, 3.63) is 59.3 Å². The lowest BCUT2D eigenvalue weighted by Gasteiger charge is -2.33. The standard InChI is InChI=1S/C29H35N5O3/c1-18(2)17-37-25-9-4-6-19(3)26(25)34-27(20-10-12-22(13-11-20)31-29(30)36)23-16-33(15-14-24(23)32-34)28(35)21-7-5-8-21/h4,6,9-13,18,21H,5,7-8,14-17H2,1-3H3,(H3,30,31,36). The maximum absolute atomic E-state index is 13.1. The summed E-state index contributed by atoms with van der Waals surface area (Å²) in [7, 11) is 0. The van der Waals surface area contributed by atoms with Gasteiger partial charge < -0.3 is 20.7 Å². The van der Waals surface area contributed by atoms with Crippen molar-refractivity contribution >= 4 is 17.6 Å². The number of fused-ring (bicyclic) bond motifs is 1. The quantitative estimate of drug-likeness (QED) is 0.472. The summed E-state index contributed by atoms with van der Waals surface area (Å²) in [5.41, 5.74) is 11.8. The van der Waals surface area contributed by atoms with Crippen LogP contribution in [-0.2, 0) is 17.8 Å². The number of urea groups is 1. The van der Waals surface area contributed by atoms with Crippen LogP contribution in [0.1, 0.15) is 49.9 Å². The molecule has 3 N–H and O–H groups in total. The highest BCUT2D eigenvalue weighted by Gasteiger charge is 2.34. The minimum Gasteiger partial charge on any atom is -0.491 e. The number of para-hydroxylation sites is 1. The summed E-state index contributed by atoms with van der Waals surface area (Å²) in [4.78, 5) is 26.5. The number of hydrogen-bond acceptors (Lipinski definition) is 4. The summed E-state index contributed by atoms with van der Waals surface area (Å²) in [5, 5.41) is 7.72. The van der Waals surface area contributed by atoms with E-state index in [-0.39, 0.29) is 11.8 Å². The van der Waals surface area contributed by atoms with Crippen LogP contribution in [0.3, 0.4) is 0 Å². The second kappa shape index (κ2) is 10.3. The Labute approximate surface area is 217 Å². The van der Waals surface area contributed by atoms with Gasteiger partial charge in [0, 0.05) is 42.2 Å². The zero-order valence-electron chi connectivity index (χ0n) is 21.8. The van der Waals surface area contributed by atoms with E-state index in [1.54, 1.807) is 0 Å². The number of ether oxygens (including phenoxy) is 1. The van der Waals surface area contributed by atoms with Crippen molar-refractivity contribution in [3.63, 3.8) is 0 Å². The van der Waals surface area contributed by atoms with Crippen LogP contribution < -0.4 is 15.8 Å². The van der Waals surface area contributed by atoms with Crippen LogP contribution >= 0.6 is 0 Å². The predicted octanol–water partition coefficient (Wildman–Crippen LogP) is 5.06. The van der Waals surface area contributed by atoms with Crippen molar-refractivity contribution < 1.29 is 14.3 Å². The Hall–Kier alpha value is -3.81. The molecule has 0 radical (unpaired) electrons. The molecule has 0 atom stereocenters. The number of rotatable bonds is 7. The van der Waals surface area contributed by atoms with Crippen molar-refractivity contribution in [1.29, 1.82) is 0 Å². The molecule has 0 saturated heterocycles. The van der Waals surface area contributed by atoms with Crippen LogP contribution in [0.5, 0.6) is 5.75 Å². The maximum Gasteiger partial charge on any atom is 0.316 e.